The molecule has 4 rings (SSSR count). The molecule has 2 aromatic carbocycles. The first-order valence-corrected chi connectivity index (χ1v) is 14.1. The standard InChI is InChI=1S/C28H31Cl2N5O4.CH5N/c1-32(14-16-36)28(39)25-27(34(19-38)18-20-10-12-33(13-11-20)15-17-37)31-26(23-4-2-3-5-24(23)30)35(25)22-8-6-21(29)7-9-22;1-2/h2-9,16,19-20,37H,10-15,17-18H2,1H3;2H2,1H3. The van der Waals surface area contributed by atoms with Crippen molar-refractivity contribution < 1.29 is 19.5 Å². The number of amides is 2. The number of anilines is 1. The summed E-state index contributed by atoms with van der Waals surface area (Å²) in [6, 6.07) is 14.1. The third-order valence-corrected chi connectivity index (χ3v) is 7.52. The lowest BCUT2D eigenvalue weighted by Crippen LogP contribution is -2.40. The van der Waals surface area contributed by atoms with Crippen LogP contribution in [0.1, 0.15) is 23.3 Å². The van der Waals surface area contributed by atoms with Crippen molar-refractivity contribution in [3.63, 3.8) is 0 Å². The van der Waals surface area contributed by atoms with Crippen LogP contribution in [0.5, 0.6) is 0 Å². The quantitative estimate of drug-likeness (QED) is 0.322. The van der Waals surface area contributed by atoms with E-state index in [0.29, 0.717) is 52.9 Å². The number of rotatable bonds is 11. The fourth-order valence-corrected chi connectivity index (χ4v) is 5.18. The van der Waals surface area contributed by atoms with Gasteiger partial charge in [-0.05, 0) is 75.3 Å². The van der Waals surface area contributed by atoms with E-state index in [0.717, 1.165) is 25.9 Å². The Kier molecular flexibility index (Phi) is 12.3. The maximum absolute atomic E-state index is 13.8. The summed E-state index contributed by atoms with van der Waals surface area (Å²) < 4.78 is 1.66. The summed E-state index contributed by atoms with van der Waals surface area (Å²) in [6.45, 7) is 2.60. The van der Waals surface area contributed by atoms with E-state index in [1.807, 2.05) is 6.07 Å². The summed E-state index contributed by atoms with van der Waals surface area (Å²) in [6.07, 6.45) is 3.02. The number of likely N-dealkylation sites (N-methyl/N-ethyl adjacent to an activating group) is 1. The van der Waals surface area contributed by atoms with Gasteiger partial charge in [0.2, 0.25) is 6.41 Å². The number of nitrogens with zero attached hydrogens (tertiary/aromatic N) is 5. The number of β-amino-alcohol motifs (C(OH)–C–C–N with tert-alkyl or cyclic N) is 1. The van der Waals surface area contributed by atoms with E-state index >= 15 is 0 Å². The number of halogens is 2. The maximum Gasteiger partial charge on any atom is 0.274 e. The SMILES string of the molecule is CN.CN(CC=O)C(=O)c1c(N(C=O)CC2CCN(CCO)CC2)nc(-c2ccccc2Cl)n1-c1ccc(Cl)cc1. The van der Waals surface area contributed by atoms with Gasteiger partial charge in [0.1, 0.15) is 12.1 Å². The Morgan fingerprint density at radius 1 is 1.10 bits per heavy atom. The van der Waals surface area contributed by atoms with Crippen molar-refractivity contribution in [3.05, 3.63) is 64.3 Å². The molecule has 0 atom stereocenters. The second-order valence-electron chi connectivity index (χ2n) is 9.52. The monoisotopic (exact) mass is 602 g/mol. The van der Waals surface area contributed by atoms with Gasteiger partial charge in [0.25, 0.3) is 5.91 Å². The van der Waals surface area contributed by atoms with Crippen molar-refractivity contribution in [1.29, 1.82) is 0 Å². The summed E-state index contributed by atoms with van der Waals surface area (Å²) >= 11 is 12.7. The third-order valence-electron chi connectivity index (χ3n) is 6.93. The van der Waals surface area contributed by atoms with E-state index in [4.69, 9.17) is 28.2 Å². The fourth-order valence-electron chi connectivity index (χ4n) is 4.83. The molecule has 10 nitrogen and oxygen atoms in total. The average molecular weight is 604 g/mol. The number of nitrogens with two attached hydrogens (primary N) is 1. The molecule has 1 fully saturated rings. The van der Waals surface area contributed by atoms with Gasteiger partial charge in [0, 0.05) is 36.4 Å². The molecule has 0 saturated carbocycles. The summed E-state index contributed by atoms with van der Waals surface area (Å²) in [5, 5.41) is 10.2. The zero-order valence-corrected chi connectivity index (χ0v) is 24.8. The highest BCUT2D eigenvalue weighted by atomic mass is 35.5. The van der Waals surface area contributed by atoms with Crippen molar-refractivity contribution in [3.8, 4) is 17.1 Å². The second kappa shape index (κ2) is 15.6. The summed E-state index contributed by atoms with van der Waals surface area (Å²) in [5.74, 6) is 0.286. The molecule has 3 N–H and O–H groups in total. The van der Waals surface area contributed by atoms with Crippen molar-refractivity contribution in [2.24, 2.45) is 11.7 Å². The molecule has 2 heterocycles. The van der Waals surface area contributed by atoms with Crippen LogP contribution in [0.25, 0.3) is 17.1 Å². The number of carbonyl (C=O) groups is 3. The van der Waals surface area contributed by atoms with Gasteiger partial charge in [-0.2, -0.15) is 0 Å². The number of aldehydes is 1. The summed E-state index contributed by atoms with van der Waals surface area (Å²) in [5.41, 5.74) is 5.82. The topological polar surface area (TPSA) is 125 Å². The first kappa shape index (κ1) is 32.2. The molecule has 2 amide bonds. The number of aliphatic hydroxyl groups is 1. The number of carbonyl (C=O) groups excluding carboxylic acids is 3. The molecule has 12 heteroatoms. The minimum atomic E-state index is -0.470. The van der Waals surface area contributed by atoms with E-state index in [1.165, 1.54) is 23.9 Å². The molecule has 1 saturated heterocycles. The van der Waals surface area contributed by atoms with E-state index in [1.54, 1.807) is 47.0 Å². The number of piperidine rings is 1. The highest BCUT2D eigenvalue weighted by molar-refractivity contribution is 6.33. The molecule has 220 valence electrons. The molecular formula is C29H36Cl2N6O4. The van der Waals surface area contributed by atoms with Crippen molar-refractivity contribution in [1.82, 2.24) is 19.4 Å². The van der Waals surface area contributed by atoms with Gasteiger partial charge in [-0.15, -0.1) is 0 Å². The zero-order valence-electron chi connectivity index (χ0n) is 23.2. The first-order chi connectivity index (χ1) is 19.9. The number of hydrogen-bond acceptors (Lipinski definition) is 7. The van der Waals surface area contributed by atoms with Crippen LogP contribution in [0.2, 0.25) is 10.0 Å². The highest BCUT2D eigenvalue weighted by Gasteiger charge is 2.32. The Hall–Kier alpha value is -3.28. The van der Waals surface area contributed by atoms with Crippen LogP contribution < -0.4 is 10.6 Å². The molecule has 0 radical (unpaired) electrons. The van der Waals surface area contributed by atoms with Crippen LogP contribution in [-0.4, -0.2) is 96.5 Å². The molecule has 0 aliphatic carbocycles. The Morgan fingerprint density at radius 2 is 1.76 bits per heavy atom. The van der Waals surface area contributed by atoms with Crippen LogP contribution in [-0.2, 0) is 9.59 Å². The normalized spacial score (nSPS) is 13.7. The van der Waals surface area contributed by atoms with E-state index in [-0.39, 0.29) is 30.6 Å². The molecule has 0 unspecified atom stereocenters. The van der Waals surface area contributed by atoms with Gasteiger partial charge in [0.15, 0.2) is 11.5 Å². The van der Waals surface area contributed by atoms with Gasteiger partial charge < -0.3 is 25.4 Å². The number of hydrogen-bond donors (Lipinski definition) is 2. The Bertz CT molecular complexity index is 1310. The number of aromatic nitrogens is 2. The predicted octanol–water partition coefficient (Wildman–Crippen LogP) is 3.36. The highest BCUT2D eigenvalue weighted by Crippen LogP contribution is 2.36. The van der Waals surface area contributed by atoms with E-state index in [9.17, 15) is 19.5 Å². The van der Waals surface area contributed by atoms with Crippen LogP contribution in [0.4, 0.5) is 5.82 Å². The van der Waals surface area contributed by atoms with Gasteiger partial charge in [-0.1, -0.05) is 35.3 Å². The molecule has 1 aliphatic heterocycles. The summed E-state index contributed by atoms with van der Waals surface area (Å²) in [4.78, 5) is 47.5. The summed E-state index contributed by atoms with van der Waals surface area (Å²) in [7, 11) is 3.02. The lowest BCUT2D eigenvalue weighted by Gasteiger charge is -2.33. The minimum absolute atomic E-state index is 0.109. The lowest BCUT2D eigenvalue weighted by molar-refractivity contribution is -0.108. The Balaban J connectivity index is 0.00000226. The van der Waals surface area contributed by atoms with E-state index < -0.39 is 5.91 Å². The van der Waals surface area contributed by atoms with Crippen molar-refractivity contribution in [2.75, 3.05) is 58.3 Å². The molecule has 1 aliphatic rings. The molecule has 3 aromatic rings. The van der Waals surface area contributed by atoms with Gasteiger partial charge in [-0.25, -0.2) is 4.98 Å². The molecule has 0 spiro atoms. The minimum Gasteiger partial charge on any atom is -0.395 e. The number of aliphatic hydroxyl groups excluding tert-OH is 1. The molecule has 1 aromatic heterocycles. The van der Waals surface area contributed by atoms with Gasteiger partial charge in [0.05, 0.1) is 18.2 Å². The average Bonchev–Trinajstić information content (AvgIpc) is 3.38. The van der Waals surface area contributed by atoms with Crippen LogP contribution in [0.3, 0.4) is 0 Å². The maximum atomic E-state index is 13.8. The van der Waals surface area contributed by atoms with Crippen molar-refractivity contribution >= 4 is 47.6 Å². The Labute approximate surface area is 250 Å². The third kappa shape index (κ3) is 7.72. The predicted molar refractivity (Wildman–Crippen MR) is 162 cm³/mol. The zero-order chi connectivity index (χ0) is 29.9. The van der Waals surface area contributed by atoms with Crippen LogP contribution in [0, 0.1) is 5.92 Å². The first-order valence-electron chi connectivity index (χ1n) is 13.3. The van der Waals surface area contributed by atoms with Gasteiger partial charge >= 0.3 is 0 Å². The molecular weight excluding hydrogens is 567 g/mol. The largest absolute Gasteiger partial charge is 0.395 e. The van der Waals surface area contributed by atoms with E-state index in [2.05, 4.69) is 10.6 Å². The number of likely N-dealkylation sites (tertiary alicyclic amines) is 1. The van der Waals surface area contributed by atoms with Crippen molar-refractivity contribution in [2.45, 2.75) is 12.8 Å². The number of benzene rings is 2. The fraction of sp³-hybridized carbons (Fsp3) is 0.379. The lowest BCUT2D eigenvalue weighted by atomic mass is 9.96. The number of imidazole rings is 1. The van der Waals surface area contributed by atoms with Gasteiger partial charge in [-0.3, -0.25) is 19.1 Å². The molecule has 0 bridgehead atoms. The van der Waals surface area contributed by atoms with Crippen LogP contribution in [0.15, 0.2) is 48.5 Å². The molecule has 41 heavy (non-hydrogen) atoms. The second-order valence-corrected chi connectivity index (χ2v) is 10.4. The smallest absolute Gasteiger partial charge is 0.274 e. The van der Waals surface area contributed by atoms with Crippen LogP contribution >= 0.6 is 23.2 Å². The Morgan fingerprint density at radius 3 is 2.34 bits per heavy atom.